The van der Waals surface area contributed by atoms with Crippen molar-refractivity contribution in [2.24, 2.45) is 5.92 Å². The number of halogens is 2. The van der Waals surface area contributed by atoms with Crippen LogP contribution < -0.4 is 15.4 Å². The minimum atomic E-state index is -0.232. The smallest absolute Gasteiger partial charge is 0.227 e. The molecule has 0 atom stereocenters. The average molecular weight is 441 g/mol. The van der Waals surface area contributed by atoms with E-state index in [9.17, 15) is 9.18 Å². The fourth-order valence-corrected chi connectivity index (χ4v) is 3.63. The van der Waals surface area contributed by atoms with Crippen LogP contribution in [-0.2, 0) is 11.4 Å². The zero-order valence-electron chi connectivity index (χ0n) is 17.1. The molecule has 1 saturated heterocycles. The van der Waals surface area contributed by atoms with Gasteiger partial charge in [-0.25, -0.2) is 4.39 Å². The van der Waals surface area contributed by atoms with E-state index in [4.69, 9.17) is 4.74 Å². The molecule has 0 spiro atoms. The predicted molar refractivity (Wildman–Crippen MR) is 124 cm³/mol. The molecule has 0 unspecified atom stereocenters. The van der Waals surface area contributed by atoms with Crippen molar-refractivity contribution >= 4 is 24.0 Å². The van der Waals surface area contributed by atoms with Crippen LogP contribution >= 0.6 is 12.4 Å². The van der Waals surface area contributed by atoms with Gasteiger partial charge in [0.1, 0.15) is 18.2 Å². The van der Waals surface area contributed by atoms with Crippen LogP contribution in [0.15, 0.2) is 72.8 Å². The Morgan fingerprint density at radius 2 is 1.74 bits per heavy atom. The first kappa shape index (κ1) is 22.8. The van der Waals surface area contributed by atoms with E-state index in [0.29, 0.717) is 17.9 Å². The molecule has 0 radical (unpaired) electrons. The monoisotopic (exact) mass is 440 g/mol. The van der Waals surface area contributed by atoms with Crippen molar-refractivity contribution in [3.63, 3.8) is 0 Å². The largest absolute Gasteiger partial charge is 0.489 e. The number of amides is 1. The van der Waals surface area contributed by atoms with Crippen molar-refractivity contribution in [2.45, 2.75) is 19.4 Å². The van der Waals surface area contributed by atoms with Crippen molar-refractivity contribution < 1.29 is 13.9 Å². The second-order valence-electron chi connectivity index (χ2n) is 7.51. The van der Waals surface area contributed by atoms with Crippen LogP contribution in [0.2, 0.25) is 0 Å². The van der Waals surface area contributed by atoms with E-state index < -0.39 is 0 Å². The number of hydrogen-bond donors (Lipinski definition) is 2. The normalized spacial score (nSPS) is 13.8. The van der Waals surface area contributed by atoms with Crippen LogP contribution in [0.25, 0.3) is 11.1 Å². The predicted octanol–water partition coefficient (Wildman–Crippen LogP) is 5.43. The van der Waals surface area contributed by atoms with Crippen LogP contribution in [0.1, 0.15) is 18.4 Å². The summed E-state index contributed by atoms with van der Waals surface area (Å²) >= 11 is 0. The maximum Gasteiger partial charge on any atom is 0.227 e. The van der Waals surface area contributed by atoms with E-state index in [1.165, 1.54) is 6.07 Å². The van der Waals surface area contributed by atoms with Gasteiger partial charge in [-0.2, -0.15) is 0 Å². The topological polar surface area (TPSA) is 50.4 Å². The van der Waals surface area contributed by atoms with Crippen LogP contribution in [0, 0.1) is 11.7 Å². The van der Waals surface area contributed by atoms with Gasteiger partial charge in [0.15, 0.2) is 0 Å². The SMILES string of the molecule is Cl.O=C(Nc1cccc(OCc2ccc(-c3ccccc3F)cc2)c1)C1CCNCC1. The molecule has 4 rings (SSSR count). The number of anilines is 1. The molecule has 31 heavy (non-hydrogen) atoms. The number of carbonyl (C=O) groups excluding carboxylic acids is 1. The lowest BCUT2D eigenvalue weighted by atomic mass is 9.97. The summed E-state index contributed by atoms with van der Waals surface area (Å²) < 4.78 is 19.8. The maximum absolute atomic E-state index is 13.9. The minimum Gasteiger partial charge on any atom is -0.489 e. The van der Waals surface area contributed by atoms with E-state index in [-0.39, 0.29) is 30.0 Å². The Bertz CT molecular complexity index is 1000. The second-order valence-corrected chi connectivity index (χ2v) is 7.51. The van der Waals surface area contributed by atoms with Gasteiger partial charge in [0, 0.05) is 23.2 Å². The summed E-state index contributed by atoms with van der Waals surface area (Å²) in [5.41, 5.74) is 3.15. The zero-order chi connectivity index (χ0) is 20.8. The van der Waals surface area contributed by atoms with Gasteiger partial charge >= 0.3 is 0 Å². The fraction of sp³-hybridized carbons (Fsp3) is 0.240. The van der Waals surface area contributed by atoms with Gasteiger partial charge in [-0.3, -0.25) is 4.79 Å². The Balaban J connectivity index is 0.00000272. The van der Waals surface area contributed by atoms with Gasteiger partial charge in [0.2, 0.25) is 5.91 Å². The quantitative estimate of drug-likeness (QED) is 0.537. The molecule has 3 aromatic rings. The summed E-state index contributed by atoms with van der Waals surface area (Å²) in [4.78, 5) is 12.4. The molecule has 6 heteroatoms. The highest BCUT2D eigenvalue weighted by Gasteiger charge is 2.20. The van der Waals surface area contributed by atoms with Gasteiger partial charge in [0.05, 0.1) is 0 Å². The zero-order valence-corrected chi connectivity index (χ0v) is 18.0. The molecule has 4 nitrogen and oxygen atoms in total. The molecule has 0 aliphatic carbocycles. The molecule has 1 fully saturated rings. The summed E-state index contributed by atoms with van der Waals surface area (Å²) in [6.45, 7) is 2.16. The highest BCUT2D eigenvalue weighted by atomic mass is 35.5. The van der Waals surface area contributed by atoms with Gasteiger partial charge < -0.3 is 15.4 Å². The molecule has 1 heterocycles. The summed E-state index contributed by atoms with van der Waals surface area (Å²) in [6, 6.07) is 21.9. The molecular formula is C25H26ClFN2O2. The van der Waals surface area contributed by atoms with E-state index in [0.717, 1.165) is 42.7 Å². The van der Waals surface area contributed by atoms with Crippen LogP contribution in [0.3, 0.4) is 0 Å². The molecule has 3 aromatic carbocycles. The highest BCUT2D eigenvalue weighted by molar-refractivity contribution is 5.92. The fourth-order valence-electron chi connectivity index (χ4n) is 3.63. The van der Waals surface area contributed by atoms with Crippen LogP contribution in [-0.4, -0.2) is 19.0 Å². The lowest BCUT2D eigenvalue weighted by Crippen LogP contribution is -2.34. The number of piperidine rings is 1. The number of carbonyl (C=O) groups is 1. The molecule has 2 N–H and O–H groups in total. The van der Waals surface area contributed by atoms with Gasteiger partial charge in [-0.1, -0.05) is 48.5 Å². The molecule has 0 aromatic heterocycles. The Morgan fingerprint density at radius 3 is 2.48 bits per heavy atom. The number of ether oxygens (including phenoxy) is 1. The summed E-state index contributed by atoms with van der Waals surface area (Å²) in [5, 5.41) is 6.27. The van der Waals surface area contributed by atoms with Crippen molar-refractivity contribution in [3.8, 4) is 16.9 Å². The van der Waals surface area contributed by atoms with Gasteiger partial charge in [-0.15, -0.1) is 12.4 Å². The maximum atomic E-state index is 13.9. The lowest BCUT2D eigenvalue weighted by molar-refractivity contribution is -0.120. The van der Waals surface area contributed by atoms with Crippen LogP contribution in [0.4, 0.5) is 10.1 Å². The standard InChI is InChI=1S/C25H25FN2O2.ClH/c26-24-7-2-1-6-23(24)19-10-8-18(9-11-19)17-30-22-5-3-4-21(16-22)28-25(29)20-12-14-27-15-13-20;/h1-11,16,20,27H,12-15,17H2,(H,28,29);1H. The van der Waals surface area contributed by atoms with Gasteiger partial charge in [-0.05, 0) is 55.3 Å². The van der Waals surface area contributed by atoms with E-state index >= 15 is 0 Å². The first-order valence-corrected chi connectivity index (χ1v) is 10.3. The van der Waals surface area contributed by atoms with E-state index in [1.807, 2.05) is 54.6 Å². The van der Waals surface area contributed by atoms with Crippen molar-refractivity contribution in [3.05, 3.63) is 84.2 Å². The lowest BCUT2D eigenvalue weighted by Gasteiger charge is -2.21. The van der Waals surface area contributed by atoms with Crippen molar-refractivity contribution in [1.82, 2.24) is 5.32 Å². The second kappa shape index (κ2) is 10.9. The Labute approximate surface area is 188 Å². The average Bonchev–Trinajstić information content (AvgIpc) is 2.79. The first-order valence-electron chi connectivity index (χ1n) is 10.3. The minimum absolute atomic E-state index is 0. The van der Waals surface area contributed by atoms with Crippen molar-refractivity contribution in [2.75, 3.05) is 18.4 Å². The van der Waals surface area contributed by atoms with E-state index in [1.54, 1.807) is 12.1 Å². The van der Waals surface area contributed by atoms with E-state index in [2.05, 4.69) is 10.6 Å². The Hall–Kier alpha value is -2.89. The summed E-state index contributed by atoms with van der Waals surface area (Å²) in [7, 11) is 0. The Kier molecular flexibility index (Phi) is 8.04. The number of benzene rings is 3. The summed E-state index contributed by atoms with van der Waals surface area (Å²) in [6.07, 6.45) is 1.73. The number of rotatable bonds is 6. The molecule has 0 bridgehead atoms. The molecule has 0 saturated carbocycles. The summed E-state index contributed by atoms with van der Waals surface area (Å²) in [5.74, 6) is 0.585. The third-order valence-electron chi connectivity index (χ3n) is 5.36. The highest BCUT2D eigenvalue weighted by Crippen LogP contribution is 2.24. The number of hydrogen-bond acceptors (Lipinski definition) is 3. The Morgan fingerprint density at radius 1 is 1.00 bits per heavy atom. The molecular weight excluding hydrogens is 415 g/mol. The molecule has 1 amide bonds. The molecule has 1 aliphatic heterocycles. The third-order valence-corrected chi connectivity index (χ3v) is 5.36. The number of nitrogens with one attached hydrogen (secondary N) is 2. The van der Waals surface area contributed by atoms with Gasteiger partial charge in [0.25, 0.3) is 0 Å². The first-order chi connectivity index (χ1) is 14.7. The molecule has 162 valence electrons. The molecule has 1 aliphatic rings. The van der Waals surface area contributed by atoms with Crippen LogP contribution in [0.5, 0.6) is 5.75 Å². The third kappa shape index (κ3) is 6.06. The van der Waals surface area contributed by atoms with Crippen molar-refractivity contribution in [1.29, 1.82) is 0 Å².